The number of halogens is 3. The van der Waals surface area contributed by atoms with Crippen LogP contribution in [0.5, 0.6) is 0 Å². The molecule has 1 amide bonds. The van der Waals surface area contributed by atoms with Gasteiger partial charge in [-0.05, 0) is 31.0 Å². The first-order valence-electron chi connectivity index (χ1n) is 10.7. The summed E-state index contributed by atoms with van der Waals surface area (Å²) in [7, 11) is 0. The minimum Gasteiger partial charge on any atom is -0.366 e. The Kier molecular flexibility index (Phi) is 6.34. The smallest absolute Gasteiger partial charge is 0.366 e. The van der Waals surface area contributed by atoms with Crippen LogP contribution in [0, 0.1) is 16.0 Å². The normalized spacial score (nSPS) is 17.8. The van der Waals surface area contributed by atoms with Crippen LogP contribution in [-0.4, -0.2) is 65.0 Å². The summed E-state index contributed by atoms with van der Waals surface area (Å²) >= 11 is 0. The number of hydrogen-bond donors (Lipinski definition) is 0. The van der Waals surface area contributed by atoms with E-state index >= 15 is 0 Å². The highest BCUT2D eigenvalue weighted by Gasteiger charge is 2.36. The molecule has 0 saturated carbocycles. The zero-order valence-corrected chi connectivity index (χ0v) is 17.7. The number of anilines is 2. The predicted molar refractivity (Wildman–Crippen MR) is 114 cm³/mol. The third kappa shape index (κ3) is 4.99. The minimum absolute atomic E-state index is 0.0465. The first kappa shape index (κ1) is 22.7. The van der Waals surface area contributed by atoms with Crippen molar-refractivity contribution in [1.82, 2.24) is 14.9 Å². The molecule has 0 N–H and O–H groups in total. The van der Waals surface area contributed by atoms with E-state index in [1.54, 1.807) is 23.4 Å². The fourth-order valence-electron chi connectivity index (χ4n) is 4.32. The maximum atomic E-state index is 13.0. The summed E-state index contributed by atoms with van der Waals surface area (Å²) in [5, 5.41) is 11.4. The van der Waals surface area contributed by atoms with Gasteiger partial charge in [-0.1, -0.05) is 0 Å². The van der Waals surface area contributed by atoms with Crippen molar-refractivity contribution in [2.45, 2.75) is 19.0 Å². The van der Waals surface area contributed by atoms with Gasteiger partial charge in [0.15, 0.2) is 0 Å². The van der Waals surface area contributed by atoms with E-state index in [1.807, 2.05) is 9.80 Å². The Morgan fingerprint density at radius 3 is 2.21 bits per heavy atom. The number of rotatable bonds is 4. The summed E-state index contributed by atoms with van der Waals surface area (Å²) < 4.78 is 38.9. The Balaban J connectivity index is 1.35. The standard InChI is InChI=1S/C21H23F3N6O3/c22-21(23,24)16-2-3-17(18(14-16)30(32)33)27-8-4-15(5-9-27)19(31)28-10-12-29(13-11-28)20-25-6-1-7-26-20/h1-3,6-7,14-15H,4-5,8-13H2. The van der Waals surface area contributed by atoms with E-state index in [4.69, 9.17) is 0 Å². The number of aromatic nitrogens is 2. The van der Waals surface area contributed by atoms with E-state index in [-0.39, 0.29) is 17.5 Å². The fraction of sp³-hybridized carbons (Fsp3) is 0.476. The Hall–Kier alpha value is -3.44. The highest BCUT2D eigenvalue weighted by atomic mass is 19.4. The van der Waals surface area contributed by atoms with E-state index in [1.165, 1.54) is 0 Å². The Morgan fingerprint density at radius 2 is 1.64 bits per heavy atom. The van der Waals surface area contributed by atoms with Crippen LogP contribution >= 0.6 is 0 Å². The molecule has 2 fully saturated rings. The van der Waals surface area contributed by atoms with Crippen molar-refractivity contribution < 1.29 is 22.9 Å². The highest BCUT2D eigenvalue weighted by molar-refractivity contribution is 5.79. The Labute approximate surface area is 188 Å². The van der Waals surface area contributed by atoms with Crippen molar-refractivity contribution in [2.75, 3.05) is 49.1 Å². The van der Waals surface area contributed by atoms with Crippen LogP contribution in [-0.2, 0) is 11.0 Å². The monoisotopic (exact) mass is 464 g/mol. The van der Waals surface area contributed by atoms with Crippen LogP contribution in [0.15, 0.2) is 36.7 Å². The molecule has 0 bridgehead atoms. The Bertz CT molecular complexity index is 1000. The van der Waals surface area contributed by atoms with E-state index in [2.05, 4.69) is 9.97 Å². The quantitative estimate of drug-likeness (QED) is 0.507. The predicted octanol–water partition coefficient (Wildman–Crippen LogP) is 2.97. The first-order chi connectivity index (χ1) is 15.7. The van der Waals surface area contributed by atoms with Crippen LogP contribution in [0.2, 0.25) is 0 Å². The van der Waals surface area contributed by atoms with Gasteiger partial charge in [-0.2, -0.15) is 13.2 Å². The molecule has 1 aromatic heterocycles. The van der Waals surface area contributed by atoms with E-state index in [0.29, 0.717) is 64.1 Å². The summed E-state index contributed by atoms with van der Waals surface area (Å²) in [5.74, 6) is 0.468. The zero-order valence-electron chi connectivity index (χ0n) is 17.7. The molecule has 2 aliphatic rings. The van der Waals surface area contributed by atoms with Crippen LogP contribution < -0.4 is 9.80 Å². The van der Waals surface area contributed by atoms with Gasteiger partial charge in [0.2, 0.25) is 11.9 Å². The molecular weight excluding hydrogens is 441 g/mol. The van der Waals surface area contributed by atoms with Gasteiger partial charge in [-0.15, -0.1) is 0 Å². The molecule has 2 aliphatic heterocycles. The average Bonchev–Trinajstić information content (AvgIpc) is 2.83. The number of alkyl halides is 3. The molecule has 0 atom stereocenters. The van der Waals surface area contributed by atoms with Gasteiger partial charge in [-0.25, -0.2) is 9.97 Å². The maximum Gasteiger partial charge on any atom is 0.416 e. The SMILES string of the molecule is O=C(C1CCN(c2ccc(C(F)(F)F)cc2[N+](=O)[O-])CC1)N1CCN(c2ncccn2)CC1. The maximum absolute atomic E-state index is 13.0. The molecule has 9 nitrogen and oxygen atoms in total. The van der Waals surface area contributed by atoms with E-state index in [0.717, 1.165) is 12.1 Å². The van der Waals surface area contributed by atoms with Crippen LogP contribution in [0.1, 0.15) is 18.4 Å². The van der Waals surface area contributed by atoms with E-state index < -0.39 is 22.4 Å². The van der Waals surface area contributed by atoms with Crippen molar-refractivity contribution in [3.63, 3.8) is 0 Å². The summed E-state index contributed by atoms with van der Waals surface area (Å²) in [4.78, 5) is 37.6. The molecule has 4 rings (SSSR count). The lowest BCUT2D eigenvalue weighted by Gasteiger charge is -2.39. The fourth-order valence-corrected chi connectivity index (χ4v) is 4.32. The molecule has 1 aromatic carbocycles. The molecule has 0 spiro atoms. The second kappa shape index (κ2) is 9.20. The number of hydrogen-bond acceptors (Lipinski definition) is 7. The van der Waals surface area contributed by atoms with Crippen molar-refractivity contribution >= 4 is 23.2 Å². The number of piperidine rings is 1. The minimum atomic E-state index is -4.65. The summed E-state index contributed by atoms with van der Waals surface area (Å²) in [6.45, 7) is 3.10. The number of nitro benzene ring substituents is 1. The molecule has 176 valence electrons. The number of nitrogens with zero attached hydrogens (tertiary/aromatic N) is 6. The number of benzene rings is 1. The van der Waals surface area contributed by atoms with E-state index in [9.17, 15) is 28.1 Å². The molecule has 0 aliphatic carbocycles. The first-order valence-corrected chi connectivity index (χ1v) is 10.7. The number of piperazine rings is 1. The second-order valence-electron chi connectivity index (χ2n) is 8.08. The number of amides is 1. The van der Waals surface area contributed by atoms with Gasteiger partial charge in [0.1, 0.15) is 5.69 Å². The molecule has 0 radical (unpaired) electrons. The lowest BCUT2D eigenvalue weighted by molar-refractivity contribution is -0.384. The number of carbonyl (C=O) groups is 1. The van der Waals surface area contributed by atoms with Gasteiger partial charge < -0.3 is 14.7 Å². The number of nitro groups is 1. The van der Waals surface area contributed by atoms with Gasteiger partial charge in [0, 0.05) is 63.6 Å². The van der Waals surface area contributed by atoms with Crippen LogP contribution in [0.3, 0.4) is 0 Å². The molecule has 33 heavy (non-hydrogen) atoms. The summed E-state index contributed by atoms with van der Waals surface area (Å²) in [5.41, 5.74) is -1.48. The largest absolute Gasteiger partial charge is 0.416 e. The van der Waals surface area contributed by atoms with Crippen LogP contribution in [0.25, 0.3) is 0 Å². The Morgan fingerprint density at radius 1 is 1.00 bits per heavy atom. The molecule has 0 unspecified atom stereocenters. The van der Waals surface area contributed by atoms with Gasteiger partial charge in [-0.3, -0.25) is 14.9 Å². The van der Waals surface area contributed by atoms with Gasteiger partial charge in [0.25, 0.3) is 5.69 Å². The molecule has 2 aromatic rings. The van der Waals surface area contributed by atoms with Gasteiger partial charge in [0.05, 0.1) is 10.5 Å². The molecule has 12 heteroatoms. The van der Waals surface area contributed by atoms with Crippen molar-refractivity contribution in [2.24, 2.45) is 5.92 Å². The van der Waals surface area contributed by atoms with Crippen molar-refractivity contribution in [3.05, 3.63) is 52.3 Å². The third-order valence-electron chi connectivity index (χ3n) is 6.11. The molecule has 2 saturated heterocycles. The highest BCUT2D eigenvalue weighted by Crippen LogP contribution is 2.37. The molecular formula is C21H23F3N6O3. The lowest BCUT2D eigenvalue weighted by atomic mass is 9.94. The summed E-state index contributed by atoms with van der Waals surface area (Å²) in [6.07, 6.45) is -0.333. The topological polar surface area (TPSA) is 95.7 Å². The second-order valence-corrected chi connectivity index (χ2v) is 8.08. The zero-order chi connectivity index (χ0) is 23.6. The lowest BCUT2D eigenvalue weighted by Crippen LogP contribution is -2.52. The summed E-state index contributed by atoms with van der Waals surface area (Å²) in [6, 6.07) is 4.32. The van der Waals surface area contributed by atoms with Crippen LogP contribution in [0.4, 0.5) is 30.5 Å². The van der Waals surface area contributed by atoms with Crippen molar-refractivity contribution in [1.29, 1.82) is 0 Å². The third-order valence-corrected chi connectivity index (χ3v) is 6.11. The van der Waals surface area contributed by atoms with Gasteiger partial charge >= 0.3 is 6.18 Å². The average molecular weight is 464 g/mol. The number of carbonyl (C=O) groups excluding carboxylic acids is 1. The van der Waals surface area contributed by atoms with Crippen molar-refractivity contribution in [3.8, 4) is 0 Å². The molecule has 3 heterocycles.